The molecule has 1 aromatic carbocycles. The third-order valence-electron chi connectivity index (χ3n) is 5.24. The van der Waals surface area contributed by atoms with Crippen molar-refractivity contribution in [2.45, 2.75) is 19.3 Å². The van der Waals surface area contributed by atoms with Gasteiger partial charge in [0.05, 0.1) is 32.9 Å². The molecule has 0 radical (unpaired) electrons. The fourth-order valence-corrected chi connectivity index (χ4v) is 3.66. The number of fused-ring (bicyclic) bond motifs is 1. The van der Waals surface area contributed by atoms with E-state index in [0.29, 0.717) is 23.6 Å². The average molecular weight is 397 g/mol. The summed E-state index contributed by atoms with van der Waals surface area (Å²) in [6, 6.07) is 5.14. The second-order valence-corrected chi connectivity index (χ2v) is 7.07. The molecule has 0 unspecified atom stereocenters. The van der Waals surface area contributed by atoms with Crippen LogP contribution in [0.3, 0.4) is 0 Å². The Kier molecular flexibility index (Phi) is 5.44. The highest BCUT2D eigenvalue weighted by molar-refractivity contribution is 6.51. The van der Waals surface area contributed by atoms with E-state index in [4.69, 9.17) is 13.9 Å². The van der Waals surface area contributed by atoms with Crippen LogP contribution in [0.4, 0.5) is 0 Å². The summed E-state index contributed by atoms with van der Waals surface area (Å²) in [6.07, 6.45) is 2.37. The van der Waals surface area contributed by atoms with Crippen molar-refractivity contribution in [2.75, 3.05) is 40.4 Å². The second-order valence-electron chi connectivity index (χ2n) is 7.07. The summed E-state index contributed by atoms with van der Waals surface area (Å²) in [5, 5.41) is 0. The van der Waals surface area contributed by atoms with Gasteiger partial charge in [0.1, 0.15) is 0 Å². The molecule has 0 N–H and O–H groups in total. The summed E-state index contributed by atoms with van der Waals surface area (Å²) in [5.74, 6) is 0.604. The van der Waals surface area contributed by atoms with Crippen LogP contribution in [0.5, 0.6) is 11.5 Å². The molecule has 8 heteroatoms. The first-order chi connectivity index (χ1) is 14.1. The normalized spacial score (nSPS) is 18.3. The van der Waals surface area contributed by atoms with E-state index in [9.17, 15) is 9.59 Å². The van der Waals surface area contributed by atoms with E-state index in [2.05, 4.69) is 14.9 Å². The summed E-state index contributed by atoms with van der Waals surface area (Å²) in [4.78, 5) is 36.3. The Bertz CT molecular complexity index is 973. The fourth-order valence-electron chi connectivity index (χ4n) is 3.66. The highest BCUT2D eigenvalue weighted by Crippen LogP contribution is 2.33. The topological polar surface area (TPSA) is 94.2 Å². The monoisotopic (exact) mass is 397 g/mol. The molecule has 2 aromatic rings. The zero-order chi connectivity index (χ0) is 20.4. The zero-order valence-corrected chi connectivity index (χ0v) is 16.6. The lowest BCUT2D eigenvalue weighted by molar-refractivity contribution is 0.0949. The van der Waals surface area contributed by atoms with Crippen molar-refractivity contribution in [3.05, 3.63) is 29.7 Å². The molecule has 29 heavy (non-hydrogen) atoms. The molecule has 1 aliphatic heterocycles. The van der Waals surface area contributed by atoms with E-state index in [-0.39, 0.29) is 41.0 Å². The van der Waals surface area contributed by atoms with Crippen LogP contribution in [-0.2, 0) is 0 Å². The van der Waals surface area contributed by atoms with Crippen LogP contribution in [0.15, 0.2) is 27.6 Å². The predicted molar refractivity (Wildman–Crippen MR) is 106 cm³/mol. The summed E-state index contributed by atoms with van der Waals surface area (Å²) < 4.78 is 16.2. The third kappa shape index (κ3) is 3.80. The van der Waals surface area contributed by atoms with Crippen LogP contribution in [0.1, 0.15) is 40.3 Å². The van der Waals surface area contributed by atoms with Gasteiger partial charge < -0.3 is 18.8 Å². The van der Waals surface area contributed by atoms with Crippen molar-refractivity contribution in [1.82, 2.24) is 9.88 Å². The molecule has 2 aliphatic rings. The van der Waals surface area contributed by atoms with Crippen molar-refractivity contribution in [2.24, 2.45) is 4.99 Å². The Balaban J connectivity index is 1.57. The van der Waals surface area contributed by atoms with Gasteiger partial charge in [0, 0.05) is 12.1 Å². The Labute approximate surface area is 168 Å². The Morgan fingerprint density at radius 2 is 1.90 bits per heavy atom. The SMILES string of the molecule is COc1ccc(-c2nc3c(o2)C(=O)C(=NCCN2CCCC2)CC3=O)cc1OC. The summed E-state index contributed by atoms with van der Waals surface area (Å²) >= 11 is 0. The van der Waals surface area contributed by atoms with Gasteiger partial charge >= 0.3 is 0 Å². The minimum Gasteiger partial charge on any atom is -0.493 e. The molecule has 0 saturated carbocycles. The van der Waals surface area contributed by atoms with Crippen molar-refractivity contribution in [3.63, 3.8) is 0 Å². The zero-order valence-electron chi connectivity index (χ0n) is 16.6. The van der Waals surface area contributed by atoms with Gasteiger partial charge in [-0.3, -0.25) is 14.6 Å². The number of nitrogens with zero attached hydrogens (tertiary/aromatic N) is 3. The highest BCUT2D eigenvalue weighted by Gasteiger charge is 2.35. The summed E-state index contributed by atoms with van der Waals surface area (Å²) in [5.41, 5.74) is 0.903. The number of benzene rings is 1. The third-order valence-corrected chi connectivity index (χ3v) is 5.24. The van der Waals surface area contributed by atoms with Gasteiger partial charge in [-0.1, -0.05) is 0 Å². The fraction of sp³-hybridized carbons (Fsp3) is 0.429. The van der Waals surface area contributed by atoms with Gasteiger partial charge in [-0.15, -0.1) is 0 Å². The molecule has 0 bridgehead atoms. The number of carbonyl (C=O) groups is 2. The van der Waals surface area contributed by atoms with Gasteiger partial charge in [-0.2, -0.15) is 0 Å². The molecule has 1 saturated heterocycles. The largest absolute Gasteiger partial charge is 0.493 e. The van der Waals surface area contributed by atoms with Crippen molar-refractivity contribution < 1.29 is 23.5 Å². The lowest BCUT2D eigenvalue weighted by Gasteiger charge is -2.13. The number of likely N-dealkylation sites (tertiary alicyclic amines) is 1. The Hall–Kier alpha value is -3.00. The lowest BCUT2D eigenvalue weighted by Crippen LogP contribution is -2.28. The lowest BCUT2D eigenvalue weighted by atomic mass is 9.97. The molecular formula is C21H23N3O5. The molecule has 1 fully saturated rings. The number of aliphatic imine (C=N–C) groups is 1. The Morgan fingerprint density at radius 1 is 1.14 bits per heavy atom. The number of aromatic nitrogens is 1. The molecule has 0 spiro atoms. The molecule has 1 aromatic heterocycles. The number of hydrogen-bond acceptors (Lipinski definition) is 8. The number of methoxy groups -OCH3 is 2. The average Bonchev–Trinajstić information content (AvgIpc) is 3.41. The van der Waals surface area contributed by atoms with Gasteiger partial charge in [0.25, 0.3) is 0 Å². The number of Topliss-reactive ketones (excluding diaryl/α,β-unsaturated/α-hetero) is 2. The van der Waals surface area contributed by atoms with Crippen LogP contribution >= 0.6 is 0 Å². The van der Waals surface area contributed by atoms with E-state index >= 15 is 0 Å². The minimum atomic E-state index is -0.361. The van der Waals surface area contributed by atoms with E-state index in [0.717, 1.165) is 19.6 Å². The second kappa shape index (κ2) is 8.16. The Morgan fingerprint density at radius 3 is 2.62 bits per heavy atom. The molecule has 4 rings (SSSR count). The molecule has 0 amide bonds. The summed E-state index contributed by atoms with van der Waals surface area (Å²) in [6.45, 7) is 3.43. The van der Waals surface area contributed by atoms with Gasteiger partial charge in [0.2, 0.25) is 17.4 Å². The van der Waals surface area contributed by atoms with Crippen LogP contribution < -0.4 is 9.47 Å². The standard InChI is InChI=1S/C21H23N3O5/c1-27-16-6-5-13(11-17(16)28-2)21-23-18-15(25)12-14(19(26)20(18)29-21)22-7-10-24-8-3-4-9-24/h5-6,11H,3-4,7-10,12H2,1-2H3. The number of ketones is 2. The first-order valence-corrected chi connectivity index (χ1v) is 9.67. The van der Waals surface area contributed by atoms with Crippen molar-refractivity contribution in [1.29, 1.82) is 0 Å². The molecule has 2 heterocycles. The summed E-state index contributed by atoms with van der Waals surface area (Å²) in [7, 11) is 3.07. The molecule has 1 aliphatic carbocycles. The number of ether oxygens (including phenoxy) is 2. The van der Waals surface area contributed by atoms with Crippen LogP contribution in [0.25, 0.3) is 11.5 Å². The number of hydrogen-bond donors (Lipinski definition) is 0. The first-order valence-electron chi connectivity index (χ1n) is 9.67. The number of oxazole rings is 1. The van der Waals surface area contributed by atoms with Gasteiger partial charge in [0.15, 0.2) is 23.0 Å². The maximum absolute atomic E-state index is 12.8. The van der Waals surface area contributed by atoms with E-state index in [1.807, 2.05) is 0 Å². The van der Waals surface area contributed by atoms with E-state index < -0.39 is 0 Å². The molecule has 0 atom stereocenters. The first kappa shape index (κ1) is 19.3. The van der Waals surface area contributed by atoms with Crippen molar-refractivity contribution in [3.8, 4) is 23.0 Å². The predicted octanol–water partition coefficient (Wildman–Crippen LogP) is 2.66. The highest BCUT2D eigenvalue weighted by atomic mass is 16.5. The minimum absolute atomic E-state index is 0.0362. The smallest absolute Gasteiger partial charge is 0.244 e. The molecule has 152 valence electrons. The van der Waals surface area contributed by atoms with E-state index in [1.165, 1.54) is 20.0 Å². The number of carbonyl (C=O) groups excluding carboxylic acids is 2. The van der Waals surface area contributed by atoms with Gasteiger partial charge in [-0.25, -0.2) is 4.98 Å². The number of rotatable bonds is 6. The van der Waals surface area contributed by atoms with E-state index in [1.54, 1.807) is 25.3 Å². The van der Waals surface area contributed by atoms with Crippen molar-refractivity contribution >= 4 is 17.3 Å². The van der Waals surface area contributed by atoms with Crippen LogP contribution in [-0.4, -0.2) is 67.6 Å². The maximum atomic E-state index is 12.8. The quantitative estimate of drug-likeness (QED) is 0.740. The van der Waals surface area contributed by atoms with Crippen LogP contribution in [0, 0.1) is 0 Å². The maximum Gasteiger partial charge on any atom is 0.244 e. The molecular weight excluding hydrogens is 374 g/mol. The van der Waals surface area contributed by atoms with Gasteiger partial charge in [-0.05, 0) is 44.1 Å². The van der Waals surface area contributed by atoms with Crippen LogP contribution in [0.2, 0.25) is 0 Å². The molecule has 8 nitrogen and oxygen atoms in total.